The van der Waals surface area contributed by atoms with Crippen LogP contribution in [0.4, 0.5) is 23.1 Å². The van der Waals surface area contributed by atoms with Gasteiger partial charge >= 0.3 is 0 Å². The molecule has 0 aliphatic rings. The van der Waals surface area contributed by atoms with Crippen LogP contribution in [0.2, 0.25) is 0 Å². The summed E-state index contributed by atoms with van der Waals surface area (Å²) >= 11 is 0. The number of nitro groups is 1. The Morgan fingerprint density at radius 2 is 1.37 bits per heavy atom. The van der Waals surface area contributed by atoms with E-state index < -0.39 is 4.92 Å². The predicted octanol–water partition coefficient (Wildman–Crippen LogP) is 8.48. The third-order valence-electron chi connectivity index (χ3n) is 7.83. The molecule has 11 heteroatoms. The van der Waals surface area contributed by atoms with Crippen molar-refractivity contribution >= 4 is 34.3 Å². The van der Waals surface area contributed by atoms with Crippen LogP contribution in [0.15, 0.2) is 140 Å². The van der Waals surface area contributed by atoms with E-state index in [2.05, 4.69) is 34.5 Å². The van der Waals surface area contributed by atoms with Gasteiger partial charge in [-0.1, -0.05) is 66.7 Å². The molecule has 0 spiro atoms. The first kappa shape index (κ1) is 30.9. The molecule has 0 radical (unpaired) electrons. The minimum Gasteiger partial charge on any atom is -0.497 e. The van der Waals surface area contributed by atoms with Crippen LogP contribution in [0.1, 0.15) is 11.1 Å². The summed E-state index contributed by atoms with van der Waals surface area (Å²) in [6.07, 6.45) is 1.63. The molecule has 49 heavy (non-hydrogen) atoms. The smallest absolute Gasteiger partial charge is 0.271 e. The van der Waals surface area contributed by atoms with Crippen LogP contribution in [0.3, 0.4) is 0 Å². The van der Waals surface area contributed by atoms with Crippen molar-refractivity contribution in [2.75, 3.05) is 17.3 Å². The number of anilines is 3. The number of benzene rings is 5. The second kappa shape index (κ2) is 13.9. The number of rotatable bonds is 12. The topological polar surface area (TPSA) is 120 Å². The number of hydrogen-bond acceptors (Lipinski definition) is 9. The van der Waals surface area contributed by atoms with Gasteiger partial charge in [0.1, 0.15) is 23.6 Å². The van der Waals surface area contributed by atoms with Crippen LogP contribution < -0.4 is 19.7 Å². The van der Waals surface area contributed by atoms with E-state index >= 15 is 0 Å². The first-order valence-electron chi connectivity index (χ1n) is 15.5. The van der Waals surface area contributed by atoms with Gasteiger partial charge < -0.3 is 19.7 Å². The van der Waals surface area contributed by atoms with Gasteiger partial charge in [0.25, 0.3) is 5.69 Å². The lowest BCUT2D eigenvalue weighted by atomic mass is 10.1. The number of hydrogen-bond donors (Lipinski definition) is 1. The first-order valence-corrected chi connectivity index (χ1v) is 15.5. The van der Waals surface area contributed by atoms with Crippen molar-refractivity contribution in [2.24, 2.45) is 0 Å². The van der Waals surface area contributed by atoms with Crippen LogP contribution in [0, 0.1) is 10.1 Å². The zero-order valence-corrected chi connectivity index (χ0v) is 26.5. The quantitative estimate of drug-likeness (QED) is 0.103. The van der Waals surface area contributed by atoms with Gasteiger partial charge in [0.2, 0.25) is 5.95 Å². The van der Waals surface area contributed by atoms with E-state index in [1.807, 2.05) is 84.9 Å². The summed E-state index contributed by atoms with van der Waals surface area (Å²) in [5.74, 6) is 3.05. The van der Waals surface area contributed by atoms with Crippen LogP contribution in [-0.4, -0.2) is 31.6 Å². The van der Waals surface area contributed by atoms with Gasteiger partial charge in [-0.2, -0.15) is 9.97 Å². The molecule has 0 amide bonds. The average Bonchev–Trinajstić information content (AvgIpc) is 3.57. The minimum atomic E-state index is -0.417. The summed E-state index contributed by atoms with van der Waals surface area (Å²) < 4.78 is 13.0. The Morgan fingerprint density at radius 3 is 1.98 bits per heavy atom. The van der Waals surface area contributed by atoms with Gasteiger partial charge in [-0.25, -0.2) is 4.98 Å². The second-order valence-electron chi connectivity index (χ2n) is 11.2. The Bertz CT molecular complexity index is 2150. The molecule has 7 rings (SSSR count). The maximum atomic E-state index is 11.6. The fraction of sp³-hybridized carbons (Fsp3) is 0.0789. The van der Waals surface area contributed by atoms with Crippen molar-refractivity contribution in [1.29, 1.82) is 0 Å². The van der Waals surface area contributed by atoms with Crippen molar-refractivity contribution in [2.45, 2.75) is 13.1 Å². The first-order chi connectivity index (χ1) is 24.0. The molecule has 242 valence electrons. The van der Waals surface area contributed by atoms with Gasteiger partial charge in [0, 0.05) is 30.9 Å². The number of nitro benzene ring substituents is 1. The molecule has 0 aliphatic heterocycles. The Hall–Kier alpha value is -6.75. The van der Waals surface area contributed by atoms with E-state index in [0.29, 0.717) is 53.2 Å². The minimum absolute atomic E-state index is 0.0290. The van der Waals surface area contributed by atoms with E-state index in [9.17, 15) is 10.1 Å². The Kier molecular flexibility index (Phi) is 8.78. The summed E-state index contributed by atoms with van der Waals surface area (Å²) in [6, 6.07) is 41.6. The molecule has 5 aromatic carbocycles. The van der Waals surface area contributed by atoms with Gasteiger partial charge in [-0.05, 0) is 65.7 Å². The largest absolute Gasteiger partial charge is 0.497 e. The molecule has 2 heterocycles. The van der Waals surface area contributed by atoms with Crippen molar-refractivity contribution < 1.29 is 14.4 Å². The van der Waals surface area contributed by atoms with Gasteiger partial charge in [0.15, 0.2) is 17.0 Å². The molecule has 0 fully saturated rings. The van der Waals surface area contributed by atoms with Crippen LogP contribution >= 0.6 is 0 Å². The number of fused-ring (bicyclic) bond motifs is 1. The molecule has 0 atom stereocenters. The number of aromatic nitrogens is 4. The van der Waals surface area contributed by atoms with Crippen LogP contribution in [0.5, 0.6) is 17.2 Å². The monoisotopic (exact) mass is 649 g/mol. The van der Waals surface area contributed by atoms with Crippen molar-refractivity contribution in [3.05, 3.63) is 161 Å². The van der Waals surface area contributed by atoms with E-state index in [0.717, 1.165) is 22.6 Å². The SMILES string of the molecule is COc1ccc(Oc2ccc(Nc3nc(N(Cc4ccccc4)Cc4ccccc4)c4ncn(-c5cccc([N+](=O)[O-])c5)c4n3)cc2)cc1. The zero-order chi connectivity index (χ0) is 33.6. The maximum absolute atomic E-state index is 11.6. The predicted molar refractivity (Wildman–Crippen MR) is 189 cm³/mol. The molecule has 0 unspecified atom stereocenters. The molecule has 1 N–H and O–H groups in total. The molecule has 0 saturated heterocycles. The molecule has 0 saturated carbocycles. The average molecular weight is 650 g/mol. The highest BCUT2D eigenvalue weighted by atomic mass is 16.6. The third kappa shape index (κ3) is 7.15. The van der Waals surface area contributed by atoms with Gasteiger partial charge in [-0.15, -0.1) is 0 Å². The lowest BCUT2D eigenvalue weighted by molar-refractivity contribution is -0.384. The van der Waals surface area contributed by atoms with Gasteiger partial charge in [0.05, 0.1) is 17.7 Å². The summed E-state index contributed by atoms with van der Waals surface area (Å²) in [6.45, 7) is 1.12. The van der Waals surface area contributed by atoms with Crippen molar-refractivity contribution in [3.8, 4) is 22.9 Å². The maximum Gasteiger partial charge on any atom is 0.271 e. The Morgan fingerprint density at radius 1 is 0.755 bits per heavy atom. The lowest BCUT2D eigenvalue weighted by Crippen LogP contribution is -2.24. The summed E-state index contributed by atoms with van der Waals surface area (Å²) in [4.78, 5) is 28.0. The number of methoxy groups -OCH3 is 1. The second-order valence-corrected chi connectivity index (χ2v) is 11.2. The molecular formula is C38H31N7O4. The number of imidazole rings is 1. The molecular weight excluding hydrogens is 618 g/mol. The van der Waals surface area contributed by atoms with Crippen LogP contribution in [0.25, 0.3) is 16.9 Å². The van der Waals surface area contributed by atoms with Crippen molar-refractivity contribution in [3.63, 3.8) is 0 Å². The molecule has 2 aromatic heterocycles. The van der Waals surface area contributed by atoms with Crippen molar-refractivity contribution in [1.82, 2.24) is 19.5 Å². The summed E-state index contributed by atoms with van der Waals surface area (Å²) in [5.41, 5.74) is 4.54. The van der Waals surface area contributed by atoms with E-state index in [1.54, 1.807) is 30.1 Å². The molecule has 0 bridgehead atoms. The molecule has 7 aromatic rings. The van der Waals surface area contributed by atoms with E-state index in [-0.39, 0.29) is 5.69 Å². The number of nitrogens with zero attached hydrogens (tertiary/aromatic N) is 6. The van der Waals surface area contributed by atoms with E-state index in [1.165, 1.54) is 12.1 Å². The lowest BCUT2D eigenvalue weighted by Gasteiger charge is -2.25. The molecule has 11 nitrogen and oxygen atoms in total. The standard InChI is InChI=1S/C38H31N7O4/c1-48-32-19-21-34(22-20-32)49-33-17-15-29(16-18-33)40-38-41-36(43(24-27-9-4-2-5-10-27)25-28-11-6-3-7-12-28)35-37(42-38)44(26-39-35)30-13-8-14-31(23-30)45(46)47/h2-23,26H,24-25H2,1H3,(H,40,41,42). The van der Waals surface area contributed by atoms with Gasteiger partial charge in [-0.3, -0.25) is 14.7 Å². The highest BCUT2D eigenvalue weighted by Gasteiger charge is 2.21. The number of nitrogens with one attached hydrogen (secondary N) is 1. The summed E-state index contributed by atoms with van der Waals surface area (Å²) in [7, 11) is 1.62. The fourth-order valence-electron chi connectivity index (χ4n) is 5.44. The Balaban J connectivity index is 1.28. The number of ether oxygens (including phenoxy) is 2. The highest BCUT2D eigenvalue weighted by Crippen LogP contribution is 2.31. The molecule has 0 aliphatic carbocycles. The van der Waals surface area contributed by atoms with E-state index in [4.69, 9.17) is 24.4 Å². The Labute approximate surface area is 282 Å². The summed E-state index contributed by atoms with van der Waals surface area (Å²) in [5, 5.41) is 15.0. The fourth-order valence-corrected chi connectivity index (χ4v) is 5.44. The highest BCUT2D eigenvalue weighted by molar-refractivity contribution is 5.86. The normalized spacial score (nSPS) is 10.9. The number of non-ortho nitro benzene ring substituents is 1. The third-order valence-corrected chi connectivity index (χ3v) is 7.83. The zero-order valence-electron chi connectivity index (χ0n) is 26.5. The van der Waals surface area contributed by atoms with Crippen LogP contribution in [-0.2, 0) is 13.1 Å².